The van der Waals surface area contributed by atoms with Gasteiger partial charge >= 0.3 is 0 Å². The van der Waals surface area contributed by atoms with Gasteiger partial charge in [0.05, 0.1) is 33.5 Å². The highest BCUT2D eigenvalue weighted by molar-refractivity contribution is 6.27. The van der Waals surface area contributed by atoms with Gasteiger partial charge < -0.3 is 13.6 Å². The summed E-state index contributed by atoms with van der Waals surface area (Å²) in [6.07, 6.45) is 0. The monoisotopic (exact) mass is 701 g/mol. The third kappa shape index (κ3) is 4.43. The molecule has 4 nitrogen and oxygen atoms in total. The van der Waals surface area contributed by atoms with Crippen molar-refractivity contribution in [3.8, 4) is 33.9 Å². The summed E-state index contributed by atoms with van der Waals surface area (Å²) < 4.78 is 11.7. The van der Waals surface area contributed by atoms with Crippen LogP contribution in [0.3, 0.4) is 0 Å². The molecule has 0 atom stereocenters. The zero-order valence-corrected chi connectivity index (χ0v) is 29.6. The number of pyridine rings is 1. The van der Waals surface area contributed by atoms with Crippen molar-refractivity contribution in [2.45, 2.75) is 0 Å². The van der Waals surface area contributed by atoms with Crippen molar-refractivity contribution in [2.24, 2.45) is 0 Å². The predicted octanol–water partition coefficient (Wildman–Crippen LogP) is 13.7. The third-order valence-electron chi connectivity index (χ3n) is 11.3. The Morgan fingerprint density at radius 2 is 1.02 bits per heavy atom. The molecule has 55 heavy (non-hydrogen) atoms. The van der Waals surface area contributed by atoms with Gasteiger partial charge in [-0.15, -0.1) is 0 Å². The maximum absolute atomic E-state index is 6.88. The van der Waals surface area contributed by atoms with E-state index in [1.807, 2.05) is 6.07 Å². The van der Waals surface area contributed by atoms with Crippen molar-refractivity contribution in [1.82, 2.24) is 14.1 Å². The SMILES string of the molecule is c1ccc(-c2cccc(-c3ccc4c(c3)c3cc5c6ccc7c(oc8ccc9ccccc9c87)c6n(-c6ccccc6)c5cc3n4-c3ccccc3)n2)cc1. The molecular formula is C51H31N3O. The van der Waals surface area contributed by atoms with Crippen LogP contribution in [0.1, 0.15) is 0 Å². The van der Waals surface area contributed by atoms with Gasteiger partial charge in [0.2, 0.25) is 0 Å². The molecule has 0 saturated heterocycles. The van der Waals surface area contributed by atoms with Crippen molar-refractivity contribution >= 4 is 76.3 Å². The summed E-state index contributed by atoms with van der Waals surface area (Å²) in [5.41, 5.74) is 12.6. The molecule has 0 aliphatic heterocycles. The Morgan fingerprint density at radius 3 is 1.82 bits per heavy atom. The van der Waals surface area contributed by atoms with Crippen LogP contribution >= 0.6 is 0 Å². The van der Waals surface area contributed by atoms with Gasteiger partial charge in [-0.3, -0.25) is 0 Å². The van der Waals surface area contributed by atoms with Crippen molar-refractivity contribution < 1.29 is 4.42 Å². The molecule has 8 aromatic carbocycles. The van der Waals surface area contributed by atoms with E-state index < -0.39 is 0 Å². The van der Waals surface area contributed by atoms with Crippen molar-refractivity contribution in [2.75, 3.05) is 0 Å². The Balaban J connectivity index is 1.19. The first-order valence-corrected chi connectivity index (χ1v) is 18.7. The van der Waals surface area contributed by atoms with Crippen LogP contribution in [0.2, 0.25) is 0 Å². The van der Waals surface area contributed by atoms with E-state index in [2.05, 4.69) is 191 Å². The van der Waals surface area contributed by atoms with Crippen molar-refractivity contribution in [3.05, 3.63) is 188 Å². The Labute approximate surface area is 315 Å². The van der Waals surface area contributed by atoms with Gasteiger partial charge in [0.25, 0.3) is 0 Å². The normalized spacial score (nSPS) is 12.0. The molecule has 0 aliphatic rings. The van der Waals surface area contributed by atoms with E-state index in [1.165, 1.54) is 26.9 Å². The Hall–Kier alpha value is -7.43. The Morgan fingerprint density at radius 1 is 0.382 bits per heavy atom. The lowest BCUT2D eigenvalue weighted by molar-refractivity contribution is 0.671. The number of para-hydroxylation sites is 2. The topological polar surface area (TPSA) is 35.9 Å². The fraction of sp³-hybridized carbons (Fsp3) is 0. The quantitative estimate of drug-likeness (QED) is 0.183. The molecule has 12 rings (SSSR count). The highest BCUT2D eigenvalue weighted by atomic mass is 16.3. The van der Waals surface area contributed by atoms with Gasteiger partial charge in [-0.1, -0.05) is 115 Å². The molecule has 12 aromatic rings. The van der Waals surface area contributed by atoms with Crippen molar-refractivity contribution in [1.29, 1.82) is 0 Å². The van der Waals surface area contributed by atoms with Crippen LogP contribution in [0.4, 0.5) is 0 Å². The first kappa shape index (κ1) is 30.1. The molecule has 0 N–H and O–H groups in total. The highest BCUT2D eigenvalue weighted by Gasteiger charge is 2.23. The van der Waals surface area contributed by atoms with E-state index in [9.17, 15) is 0 Å². The van der Waals surface area contributed by atoms with E-state index in [0.717, 1.165) is 83.3 Å². The Kier molecular flexibility index (Phi) is 6.31. The molecule has 0 saturated carbocycles. The second-order valence-electron chi connectivity index (χ2n) is 14.3. The second-order valence-corrected chi connectivity index (χ2v) is 14.3. The summed E-state index contributed by atoms with van der Waals surface area (Å²) in [7, 11) is 0. The van der Waals surface area contributed by atoms with Gasteiger partial charge in [0.15, 0.2) is 5.58 Å². The van der Waals surface area contributed by atoms with E-state index >= 15 is 0 Å². The van der Waals surface area contributed by atoms with Gasteiger partial charge in [0.1, 0.15) is 5.58 Å². The number of furan rings is 1. The van der Waals surface area contributed by atoms with Gasteiger partial charge in [0, 0.05) is 54.8 Å². The maximum Gasteiger partial charge on any atom is 0.160 e. The molecular weight excluding hydrogens is 671 g/mol. The van der Waals surface area contributed by atoms with E-state index in [1.54, 1.807) is 0 Å². The number of benzene rings is 8. The largest absolute Gasteiger partial charge is 0.454 e. The summed E-state index contributed by atoms with van der Waals surface area (Å²) in [5, 5.41) is 9.40. The first-order chi connectivity index (χ1) is 27.3. The first-order valence-electron chi connectivity index (χ1n) is 18.7. The average molecular weight is 702 g/mol. The van der Waals surface area contributed by atoms with Crippen LogP contribution in [0.25, 0.3) is 110 Å². The fourth-order valence-corrected chi connectivity index (χ4v) is 8.84. The molecule has 0 bridgehead atoms. The van der Waals surface area contributed by atoms with E-state index in [4.69, 9.17) is 9.40 Å². The van der Waals surface area contributed by atoms with E-state index in [0.29, 0.717) is 0 Å². The molecule has 0 unspecified atom stereocenters. The molecule has 4 heteroatoms. The predicted molar refractivity (Wildman–Crippen MR) is 229 cm³/mol. The molecule has 4 aromatic heterocycles. The van der Waals surface area contributed by atoms with Gasteiger partial charge in [-0.25, -0.2) is 4.98 Å². The molecule has 256 valence electrons. The van der Waals surface area contributed by atoms with Crippen LogP contribution in [0.5, 0.6) is 0 Å². The number of rotatable bonds is 4. The zero-order valence-electron chi connectivity index (χ0n) is 29.6. The third-order valence-corrected chi connectivity index (χ3v) is 11.3. The maximum atomic E-state index is 6.88. The highest BCUT2D eigenvalue weighted by Crippen LogP contribution is 2.45. The summed E-state index contributed by atoms with van der Waals surface area (Å²) >= 11 is 0. The average Bonchev–Trinajstić information content (AvgIpc) is 3.91. The van der Waals surface area contributed by atoms with Crippen LogP contribution in [-0.4, -0.2) is 14.1 Å². The van der Waals surface area contributed by atoms with E-state index in [-0.39, 0.29) is 0 Å². The number of hydrogen-bond donors (Lipinski definition) is 0. The fourth-order valence-electron chi connectivity index (χ4n) is 8.84. The molecule has 0 spiro atoms. The second kappa shape index (κ2) is 11.5. The molecule has 4 heterocycles. The smallest absolute Gasteiger partial charge is 0.160 e. The summed E-state index contributed by atoms with van der Waals surface area (Å²) in [4.78, 5) is 5.14. The zero-order chi connectivity index (χ0) is 36.0. The number of nitrogens with zero attached hydrogens (tertiary/aromatic N) is 3. The molecule has 0 fully saturated rings. The summed E-state index contributed by atoms with van der Waals surface area (Å²) in [6.45, 7) is 0. The number of fused-ring (bicyclic) bond motifs is 12. The minimum atomic E-state index is 0.898. The van der Waals surface area contributed by atoms with Crippen LogP contribution in [-0.2, 0) is 0 Å². The summed E-state index contributed by atoms with van der Waals surface area (Å²) in [5.74, 6) is 0. The molecule has 0 amide bonds. The van der Waals surface area contributed by atoms with Gasteiger partial charge in [-0.2, -0.15) is 0 Å². The van der Waals surface area contributed by atoms with Crippen LogP contribution in [0, 0.1) is 0 Å². The minimum Gasteiger partial charge on any atom is -0.454 e. The standard InChI is InChI=1S/C51H31N3O/c1-4-14-33(15-5-1)43-21-12-22-44(52-43)34-23-27-45-40(29-34)42-30-41-38-25-26-39-49-37-20-11-10-13-32(37)24-28-48(49)55-51(39)50(38)54(36-18-8-3-9-19-36)47(41)31-46(42)53(45)35-16-6-2-7-17-35/h1-31H. The Bertz CT molecular complexity index is 3460. The summed E-state index contributed by atoms with van der Waals surface area (Å²) in [6, 6.07) is 67.0. The lowest BCUT2D eigenvalue weighted by atomic mass is 10.0. The van der Waals surface area contributed by atoms with Crippen molar-refractivity contribution in [3.63, 3.8) is 0 Å². The van der Waals surface area contributed by atoms with Gasteiger partial charge in [-0.05, 0) is 83.6 Å². The van der Waals surface area contributed by atoms with Crippen LogP contribution < -0.4 is 0 Å². The lowest BCUT2D eigenvalue weighted by Gasteiger charge is -2.10. The molecule has 0 radical (unpaired) electrons. The lowest BCUT2D eigenvalue weighted by Crippen LogP contribution is -1.95. The number of aromatic nitrogens is 3. The van der Waals surface area contributed by atoms with Crippen LogP contribution in [0.15, 0.2) is 192 Å². The number of hydrogen-bond acceptors (Lipinski definition) is 2. The molecule has 0 aliphatic carbocycles. The minimum absolute atomic E-state index is 0.898.